The molecule has 0 saturated heterocycles. The zero-order valence-electron chi connectivity index (χ0n) is 13.6. The van der Waals surface area contributed by atoms with Gasteiger partial charge in [-0.05, 0) is 38.0 Å². The van der Waals surface area contributed by atoms with Crippen LogP contribution in [-0.2, 0) is 11.2 Å². The molecular formula is C16H19F3N2O3. The third kappa shape index (κ3) is 3.38. The molecule has 0 bridgehead atoms. The lowest BCUT2D eigenvalue weighted by Crippen LogP contribution is -2.58. The number of halogens is 3. The van der Waals surface area contributed by atoms with Gasteiger partial charge in [0.05, 0.1) is 0 Å². The summed E-state index contributed by atoms with van der Waals surface area (Å²) in [6.45, 7) is 4.61. The second kappa shape index (κ2) is 6.43. The molecule has 0 saturated carbocycles. The number of carbonyl (C=O) groups is 1. The Kier molecular flexibility index (Phi) is 4.89. The first kappa shape index (κ1) is 18.3. The lowest BCUT2D eigenvalue weighted by Gasteiger charge is -2.33. The zero-order chi connectivity index (χ0) is 18.1. The predicted molar refractivity (Wildman–Crippen MR) is 81.5 cm³/mol. The van der Waals surface area contributed by atoms with Gasteiger partial charge in [0.2, 0.25) is 0 Å². The molecule has 0 unspecified atom stereocenters. The fraction of sp³-hybridized carbons (Fsp3) is 0.500. The Balaban J connectivity index is 2.16. The summed E-state index contributed by atoms with van der Waals surface area (Å²) in [4.78, 5) is 12.3. The molecule has 1 aromatic rings. The van der Waals surface area contributed by atoms with Gasteiger partial charge in [0.1, 0.15) is 5.75 Å². The predicted octanol–water partition coefficient (Wildman–Crippen LogP) is 2.88. The van der Waals surface area contributed by atoms with Crippen molar-refractivity contribution in [1.29, 1.82) is 0 Å². The highest BCUT2D eigenvalue weighted by atomic mass is 19.4. The molecule has 2 atom stereocenters. The summed E-state index contributed by atoms with van der Waals surface area (Å²) in [6.07, 6.45) is -6.21. The Morgan fingerprint density at radius 1 is 1.42 bits per heavy atom. The molecule has 0 radical (unpaired) electrons. The number of ether oxygens (including phenoxy) is 1. The van der Waals surface area contributed by atoms with E-state index in [1.165, 1.54) is 13.8 Å². The molecule has 1 aromatic carbocycles. The maximum Gasteiger partial charge on any atom is 0.438 e. The van der Waals surface area contributed by atoms with Crippen molar-refractivity contribution in [3.63, 3.8) is 0 Å². The number of hydrogen-bond donors (Lipinski definition) is 1. The summed E-state index contributed by atoms with van der Waals surface area (Å²) < 4.78 is 44.8. The second-order valence-corrected chi connectivity index (χ2v) is 5.73. The summed E-state index contributed by atoms with van der Waals surface area (Å²) >= 11 is 0. The maximum absolute atomic E-state index is 13.1. The molecule has 1 aliphatic heterocycles. The highest BCUT2D eigenvalue weighted by Crippen LogP contribution is 2.40. The van der Waals surface area contributed by atoms with Crippen molar-refractivity contribution in [2.45, 2.75) is 51.6 Å². The largest absolute Gasteiger partial charge is 0.481 e. The van der Waals surface area contributed by atoms with E-state index in [2.05, 4.69) is 5.10 Å². The SMILES string of the molecule is CCc1ccc(O[C@@H](C)C(=O)N2N=C(C)C[C@@]2(O)C(F)(F)F)cc1. The first-order chi connectivity index (χ1) is 11.1. The number of hydrogen-bond acceptors (Lipinski definition) is 4. The standard InChI is InChI=1S/C16H19F3N2O3/c1-4-12-5-7-13(8-6-12)24-11(3)14(22)21-15(23,16(17,18)19)9-10(2)20-21/h5-8,11,23H,4,9H2,1-3H3/t11-,15+/m0/s1. The second-order valence-electron chi connectivity index (χ2n) is 5.73. The third-order valence-electron chi connectivity index (χ3n) is 3.78. The van der Waals surface area contributed by atoms with Crippen LogP contribution in [0.4, 0.5) is 13.2 Å². The van der Waals surface area contributed by atoms with Crippen molar-refractivity contribution < 1.29 is 27.8 Å². The minimum atomic E-state index is -5.02. The molecule has 132 valence electrons. The highest BCUT2D eigenvalue weighted by Gasteiger charge is 2.63. The molecule has 8 heteroatoms. The molecule has 0 spiro atoms. The molecule has 0 fully saturated rings. The number of aryl methyl sites for hydroxylation is 1. The number of aliphatic hydroxyl groups is 1. The first-order valence-electron chi connectivity index (χ1n) is 7.51. The van der Waals surface area contributed by atoms with Gasteiger partial charge in [-0.25, -0.2) is 0 Å². The summed E-state index contributed by atoms with van der Waals surface area (Å²) in [5, 5.41) is 13.5. The van der Waals surface area contributed by atoms with Crippen LogP contribution in [0.15, 0.2) is 29.4 Å². The van der Waals surface area contributed by atoms with Crippen LogP contribution in [0.5, 0.6) is 5.75 Å². The van der Waals surface area contributed by atoms with E-state index in [1.54, 1.807) is 24.3 Å². The number of alkyl halides is 3. The number of nitrogens with zero attached hydrogens (tertiary/aromatic N) is 2. The zero-order valence-corrected chi connectivity index (χ0v) is 13.6. The lowest BCUT2D eigenvalue weighted by atomic mass is 10.1. The van der Waals surface area contributed by atoms with Crippen molar-refractivity contribution in [2.24, 2.45) is 5.10 Å². The smallest absolute Gasteiger partial charge is 0.438 e. The van der Waals surface area contributed by atoms with Crippen LogP contribution in [0, 0.1) is 0 Å². The third-order valence-corrected chi connectivity index (χ3v) is 3.78. The Morgan fingerprint density at radius 3 is 2.50 bits per heavy atom. The van der Waals surface area contributed by atoms with E-state index in [9.17, 15) is 23.1 Å². The Morgan fingerprint density at radius 2 is 2.00 bits per heavy atom. The molecule has 1 aliphatic rings. The summed E-state index contributed by atoms with van der Waals surface area (Å²) in [5.74, 6) is -0.713. The summed E-state index contributed by atoms with van der Waals surface area (Å²) in [5.41, 5.74) is -2.26. The highest BCUT2D eigenvalue weighted by molar-refractivity contribution is 5.90. The molecule has 1 heterocycles. The van der Waals surface area contributed by atoms with E-state index in [-0.39, 0.29) is 10.7 Å². The van der Waals surface area contributed by atoms with Gasteiger partial charge in [0.15, 0.2) is 6.10 Å². The van der Waals surface area contributed by atoms with Gasteiger partial charge in [-0.3, -0.25) is 4.79 Å². The Hall–Kier alpha value is -2.09. The van der Waals surface area contributed by atoms with Crippen molar-refractivity contribution in [1.82, 2.24) is 5.01 Å². The Labute approximate surface area is 137 Å². The summed E-state index contributed by atoms with van der Waals surface area (Å²) in [6, 6.07) is 6.88. The summed E-state index contributed by atoms with van der Waals surface area (Å²) in [7, 11) is 0. The van der Waals surface area contributed by atoms with Gasteiger partial charge in [0, 0.05) is 12.1 Å². The molecule has 1 N–H and O–H groups in total. The van der Waals surface area contributed by atoms with Gasteiger partial charge in [-0.1, -0.05) is 19.1 Å². The fourth-order valence-electron chi connectivity index (χ4n) is 2.40. The monoisotopic (exact) mass is 344 g/mol. The normalized spacial score (nSPS) is 22.3. The molecule has 1 amide bonds. The van der Waals surface area contributed by atoms with Crippen LogP contribution >= 0.6 is 0 Å². The van der Waals surface area contributed by atoms with Crippen LogP contribution in [0.1, 0.15) is 32.8 Å². The number of carbonyl (C=O) groups excluding carboxylic acids is 1. The van der Waals surface area contributed by atoms with Gasteiger partial charge < -0.3 is 9.84 Å². The van der Waals surface area contributed by atoms with Crippen LogP contribution < -0.4 is 4.74 Å². The lowest BCUT2D eigenvalue weighted by molar-refractivity contribution is -0.303. The van der Waals surface area contributed by atoms with E-state index >= 15 is 0 Å². The van der Waals surface area contributed by atoms with Gasteiger partial charge in [-0.15, -0.1) is 0 Å². The van der Waals surface area contributed by atoms with Crippen LogP contribution in [0.25, 0.3) is 0 Å². The number of hydrazone groups is 1. The van der Waals surface area contributed by atoms with Crippen molar-refractivity contribution in [2.75, 3.05) is 0 Å². The quantitative estimate of drug-likeness (QED) is 0.914. The Bertz CT molecular complexity index is 643. The molecular weight excluding hydrogens is 325 g/mol. The van der Waals surface area contributed by atoms with Crippen molar-refractivity contribution in [3.05, 3.63) is 29.8 Å². The molecule has 24 heavy (non-hydrogen) atoms. The molecule has 2 rings (SSSR count). The van der Waals surface area contributed by atoms with E-state index in [4.69, 9.17) is 4.74 Å². The van der Waals surface area contributed by atoms with E-state index in [0.29, 0.717) is 5.75 Å². The van der Waals surface area contributed by atoms with Crippen LogP contribution in [0.2, 0.25) is 0 Å². The number of rotatable bonds is 4. The van der Waals surface area contributed by atoms with Gasteiger partial charge >= 0.3 is 6.18 Å². The van der Waals surface area contributed by atoms with Gasteiger partial charge in [0.25, 0.3) is 11.6 Å². The minimum Gasteiger partial charge on any atom is -0.481 e. The molecule has 0 aromatic heterocycles. The number of benzene rings is 1. The average Bonchev–Trinajstić information content (AvgIpc) is 2.83. The van der Waals surface area contributed by atoms with Crippen molar-refractivity contribution >= 4 is 11.6 Å². The maximum atomic E-state index is 13.1. The topological polar surface area (TPSA) is 62.1 Å². The van der Waals surface area contributed by atoms with Gasteiger partial charge in [-0.2, -0.15) is 23.3 Å². The number of amides is 1. The molecule has 0 aliphatic carbocycles. The molecule has 5 nitrogen and oxygen atoms in total. The van der Waals surface area contributed by atoms with E-state index < -0.39 is 30.3 Å². The van der Waals surface area contributed by atoms with E-state index in [0.717, 1.165) is 12.0 Å². The van der Waals surface area contributed by atoms with E-state index in [1.807, 2.05) is 6.92 Å². The first-order valence-corrected chi connectivity index (χ1v) is 7.51. The minimum absolute atomic E-state index is 0.0164. The van der Waals surface area contributed by atoms with Crippen LogP contribution in [-0.4, -0.2) is 39.7 Å². The van der Waals surface area contributed by atoms with Crippen molar-refractivity contribution in [3.8, 4) is 5.75 Å². The van der Waals surface area contributed by atoms with Crippen LogP contribution in [0.3, 0.4) is 0 Å². The average molecular weight is 344 g/mol. The fourth-order valence-corrected chi connectivity index (χ4v) is 2.40.